The van der Waals surface area contributed by atoms with Gasteiger partial charge in [-0.3, -0.25) is 4.79 Å². The molecule has 3 nitrogen and oxygen atoms in total. The van der Waals surface area contributed by atoms with Crippen LogP contribution >= 0.6 is 0 Å². The van der Waals surface area contributed by atoms with Crippen LogP contribution in [0.1, 0.15) is 27.7 Å². The van der Waals surface area contributed by atoms with E-state index in [1.165, 1.54) is 0 Å². The number of nitrogens with zero attached hydrogens (tertiary/aromatic N) is 1. The van der Waals surface area contributed by atoms with Crippen molar-refractivity contribution in [1.82, 2.24) is 4.90 Å². The Morgan fingerprint density at radius 1 is 1.38 bits per heavy atom. The molecule has 0 saturated carbocycles. The SMILES string of the molecule is CCN(CC(C)C)C(=O)C(C)OC. The van der Waals surface area contributed by atoms with Crippen molar-refractivity contribution >= 4 is 5.91 Å². The third kappa shape index (κ3) is 4.27. The average Bonchev–Trinajstić information content (AvgIpc) is 2.11. The smallest absolute Gasteiger partial charge is 0.251 e. The molecule has 1 atom stereocenters. The summed E-state index contributed by atoms with van der Waals surface area (Å²) in [5.41, 5.74) is 0. The van der Waals surface area contributed by atoms with Gasteiger partial charge in [0.05, 0.1) is 0 Å². The second kappa shape index (κ2) is 5.97. The van der Waals surface area contributed by atoms with Gasteiger partial charge in [0, 0.05) is 20.2 Å². The Morgan fingerprint density at radius 3 is 2.23 bits per heavy atom. The van der Waals surface area contributed by atoms with E-state index in [2.05, 4.69) is 13.8 Å². The van der Waals surface area contributed by atoms with Crippen molar-refractivity contribution in [3.05, 3.63) is 0 Å². The first kappa shape index (κ1) is 12.4. The van der Waals surface area contributed by atoms with Crippen molar-refractivity contribution in [2.45, 2.75) is 33.8 Å². The Kier molecular flexibility index (Phi) is 5.71. The summed E-state index contributed by atoms with van der Waals surface area (Å²) in [4.78, 5) is 13.5. The van der Waals surface area contributed by atoms with Crippen molar-refractivity contribution < 1.29 is 9.53 Å². The fraction of sp³-hybridized carbons (Fsp3) is 0.900. The Morgan fingerprint density at radius 2 is 1.92 bits per heavy atom. The number of hydrogen-bond acceptors (Lipinski definition) is 2. The van der Waals surface area contributed by atoms with Gasteiger partial charge in [-0.05, 0) is 19.8 Å². The molecule has 0 rings (SSSR count). The molecule has 0 bridgehead atoms. The fourth-order valence-corrected chi connectivity index (χ4v) is 1.17. The number of methoxy groups -OCH3 is 1. The van der Waals surface area contributed by atoms with Gasteiger partial charge >= 0.3 is 0 Å². The molecule has 0 spiro atoms. The number of amides is 1. The number of ether oxygens (including phenoxy) is 1. The minimum Gasteiger partial charge on any atom is -0.372 e. The molecule has 0 radical (unpaired) electrons. The van der Waals surface area contributed by atoms with E-state index >= 15 is 0 Å². The maximum absolute atomic E-state index is 11.6. The predicted molar refractivity (Wildman–Crippen MR) is 53.6 cm³/mol. The second-order valence-electron chi connectivity index (χ2n) is 3.65. The molecular weight excluding hydrogens is 166 g/mol. The highest BCUT2D eigenvalue weighted by molar-refractivity contribution is 5.80. The van der Waals surface area contributed by atoms with E-state index in [0.717, 1.165) is 13.1 Å². The van der Waals surface area contributed by atoms with Crippen LogP contribution < -0.4 is 0 Å². The molecule has 0 heterocycles. The molecule has 0 aliphatic rings. The topological polar surface area (TPSA) is 29.5 Å². The van der Waals surface area contributed by atoms with E-state index < -0.39 is 0 Å². The molecule has 0 aromatic rings. The van der Waals surface area contributed by atoms with Crippen molar-refractivity contribution in [3.63, 3.8) is 0 Å². The van der Waals surface area contributed by atoms with Crippen LogP contribution in [-0.4, -0.2) is 37.1 Å². The summed E-state index contributed by atoms with van der Waals surface area (Å²) >= 11 is 0. The van der Waals surface area contributed by atoms with Crippen LogP contribution in [0.4, 0.5) is 0 Å². The maximum Gasteiger partial charge on any atom is 0.251 e. The van der Waals surface area contributed by atoms with Gasteiger partial charge in [0.25, 0.3) is 5.91 Å². The van der Waals surface area contributed by atoms with Gasteiger partial charge in [-0.25, -0.2) is 0 Å². The van der Waals surface area contributed by atoms with Gasteiger partial charge in [-0.15, -0.1) is 0 Å². The number of carbonyl (C=O) groups excluding carboxylic acids is 1. The number of hydrogen-bond donors (Lipinski definition) is 0. The maximum atomic E-state index is 11.6. The molecule has 0 aromatic heterocycles. The highest BCUT2D eigenvalue weighted by Gasteiger charge is 2.18. The molecular formula is C10H21NO2. The lowest BCUT2D eigenvalue weighted by Gasteiger charge is -2.25. The van der Waals surface area contributed by atoms with Crippen molar-refractivity contribution in [2.24, 2.45) is 5.92 Å². The quantitative estimate of drug-likeness (QED) is 0.653. The normalized spacial score (nSPS) is 13.1. The molecule has 0 aliphatic heterocycles. The Bertz CT molecular complexity index is 157. The standard InChI is InChI=1S/C10H21NO2/c1-6-11(7-8(2)3)10(12)9(4)13-5/h8-9H,6-7H2,1-5H3. The number of rotatable bonds is 5. The Balaban J connectivity index is 4.14. The van der Waals surface area contributed by atoms with Crippen molar-refractivity contribution in [2.75, 3.05) is 20.2 Å². The molecule has 78 valence electrons. The summed E-state index contributed by atoms with van der Waals surface area (Å²) in [5.74, 6) is 0.589. The van der Waals surface area contributed by atoms with Crippen LogP contribution in [0.2, 0.25) is 0 Å². The summed E-state index contributed by atoms with van der Waals surface area (Å²) in [5, 5.41) is 0. The summed E-state index contributed by atoms with van der Waals surface area (Å²) in [6.45, 7) is 9.54. The first-order chi connectivity index (χ1) is 6.02. The van der Waals surface area contributed by atoms with E-state index in [-0.39, 0.29) is 12.0 Å². The van der Waals surface area contributed by atoms with Gasteiger partial charge in [-0.1, -0.05) is 13.8 Å². The lowest BCUT2D eigenvalue weighted by Crippen LogP contribution is -2.40. The molecule has 1 unspecified atom stereocenters. The van der Waals surface area contributed by atoms with Crippen LogP contribution in [0.5, 0.6) is 0 Å². The zero-order chi connectivity index (χ0) is 10.4. The highest BCUT2D eigenvalue weighted by Crippen LogP contribution is 2.02. The van der Waals surface area contributed by atoms with E-state index in [4.69, 9.17) is 4.74 Å². The first-order valence-corrected chi connectivity index (χ1v) is 4.84. The van der Waals surface area contributed by atoms with Crippen LogP contribution in [0.15, 0.2) is 0 Å². The summed E-state index contributed by atoms with van der Waals surface area (Å²) in [7, 11) is 1.56. The van der Waals surface area contributed by atoms with Gasteiger partial charge < -0.3 is 9.64 Å². The van der Waals surface area contributed by atoms with Crippen molar-refractivity contribution in [3.8, 4) is 0 Å². The summed E-state index contributed by atoms with van der Waals surface area (Å²) in [6, 6.07) is 0. The highest BCUT2D eigenvalue weighted by atomic mass is 16.5. The van der Waals surface area contributed by atoms with Gasteiger partial charge in [0.15, 0.2) is 0 Å². The molecule has 1 amide bonds. The van der Waals surface area contributed by atoms with Crippen LogP contribution in [0, 0.1) is 5.92 Å². The zero-order valence-electron chi connectivity index (χ0n) is 9.33. The minimum absolute atomic E-state index is 0.0821. The Hall–Kier alpha value is -0.570. The molecule has 0 fully saturated rings. The summed E-state index contributed by atoms with van der Waals surface area (Å²) in [6.07, 6.45) is -0.321. The third-order valence-electron chi connectivity index (χ3n) is 1.98. The molecule has 0 aliphatic carbocycles. The van der Waals surface area contributed by atoms with E-state index in [0.29, 0.717) is 5.92 Å². The molecule has 0 aromatic carbocycles. The van der Waals surface area contributed by atoms with Gasteiger partial charge in [0.2, 0.25) is 0 Å². The van der Waals surface area contributed by atoms with E-state index in [1.54, 1.807) is 14.0 Å². The van der Waals surface area contributed by atoms with Gasteiger partial charge in [0.1, 0.15) is 6.10 Å². The van der Waals surface area contributed by atoms with Crippen LogP contribution in [0.25, 0.3) is 0 Å². The predicted octanol–water partition coefficient (Wildman–Crippen LogP) is 1.53. The minimum atomic E-state index is -0.321. The first-order valence-electron chi connectivity index (χ1n) is 4.84. The second-order valence-corrected chi connectivity index (χ2v) is 3.65. The van der Waals surface area contributed by atoms with Crippen LogP contribution in [-0.2, 0) is 9.53 Å². The third-order valence-corrected chi connectivity index (χ3v) is 1.98. The Labute approximate surface area is 81.1 Å². The average molecular weight is 187 g/mol. The zero-order valence-corrected chi connectivity index (χ0v) is 9.33. The number of carbonyl (C=O) groups is 1. The fourth-order valence-electron chi connectivity index (χ4n) is 1.17. The van der Waals surface area contributed by atoms with E-state index in [1.807, 2.05) is 11.8 Å². The lowest BCUT2D eigenvalue weighted by molar-refractivity contribution is -0.141. The molecule has 0 saturated heterocycles. The van der Waals surface area contributed by atoms with Crippen LogP contribution in [0.3, 0.4) is 0 Å². The lowest BCUT2D eigenvalue weighted by atomic mass is 10.2. The van der Waals surface area contributed by atoms with E-state index in [9.17, 15) is 4.79 Å². The monoisotopic (exact) mass is 187 g/mol. The molecule has 3 heteroatoms. The van der Waals surface area contributed by atoms with Crippen molar-refractivity contribution in [1.29, 1.82) is 0 Å². The number of likely N-dealkylation sites (N-methyl/N-ethyl adjacent to an activating group) is 1. The van der Waals surface area contributed by atoms with Gasteiger partial charge in [-0.2, -0.15) is 0 Å². The molecule has 13 heavy (non-hydrogen) atoms. The summed E-state index contributed by atoms with van der Waals surface area (Å²) < 4.78 is 4.99. The largest absolute Gasteiger partial charge is 0.372 e. The molecule has 0 N–H and O–H groups in total.